The first-order valence-electron chi connectivity index (χ1n) is 13.9. The van der Waals surface area contributed by atoms with Gasteiger partial charge in [0.1, 0.15) is 0 Å². The van der Waals surface area contributed by atoms with Gasteiger partial charge in [0, 0.05) is 0 Å². The van der Waals surface area contributed by atoms with Crippen LogP contribution in [0, 0.1) is 0 Å². The van der Waals surface area contributed by atoms with Crippen molar-refractivity contribution >= 4 is 42.0 Å². The van der Waals surface area contributed by atoms with Crippen molar-refractivity contribution in [3.05, 3.63) is 108 Å². The standard InChI is InChI=1S/C21H25.C12H8F3.C3H6.2ClH.Hf/c1-20(2,3)16-7-9-18-14(12-16)11-15-13-17(21(4,5)6)8-10-19(15)18;13-12(14,15)11-7-5-10(6-8-11)9-3-1-2-4-9;1-3-2;;;/h7-13H,1-6H3;1-8H;1-2H3;2*1H;/q2*-1;;;;+2/p-2. The number of benzene rings is 3. The van der Waals surface area contributed by atoms with Crippen LogP contribution in [0.15, 0.2) is 91.0 Å². The average Bonchev–Trinajstić information content (AvgIpc) is 3.55. The topological polar surface area (TPSA) is 0 Å². The van der Waals surface area contributed by atoms with E-state index in [2.05, 4.69) is 84.0 Å². The van der Waals surface area contributed by atoms with E-state index in [1.165, 1.54) is 48.1 Å². The largest absolute Gasteiger partial charge is 0.416 e. The molecule has 0 bridgehead atoms. The molecule has 0 radical (unpaired) electrons. The molecule has 0 unspecified atom stereocenters. The van der Waals surface area contributed by atoms with Gasteiger partial charge < -0.3 is 0 Å². The van der Waals surface area contributed by atoms with Crippen LogP contribution in [-0.2, 0) is 35.6 Å². The summed E-state index contributed by atoms with van der Waals surface area (Å²) in [4.78, 5) is 0. The Labute approximate surface area is 263 Å². The fourth-order valence-corrected chi connectivity index (χ4v) is 4.37. The summed E-state index contributed by atoms with van der Waals surface area (Å²) < 4.78 is 38.0. The fourth-order valence-electron chi connectivity index (χ4n) is 4.37. The molecule has 5 aromatic carbocycles. The van der Waals surface area contributed by atoms with Crippen molar-refractivity contribution in [1.82, 2.24) is 0 Å². The first-order chi connectivity index (χ1) is 19.4. The zero-order chi connectivity index (χ0) is 31.5. The van der Waals surface area contributed by atoms with Gasteiger partial charge in [0.25, 0.3) is 0 Å². The molecule has 0 saturated carbocycles. The van der Waals surface area contributed by atoms with E-state index in [0.29, 0.717) is 0 Å². The Morgan fingerprint density at radius 3 is 1.43 bits per heavy atom. The molecule has 0 spiro atoms. The van der Waals surface area contributed by atoms with Crippen LogP contribution in [0.1, 0.15) is 72.1 Å². The van der Waals surface area contributed by atoms with E-state index in [9.17, 15) is 13.2 Å². The maximum Gasteiger partial charge on any atom is 0.416 e. The van der Waals surface area contributed by atoms with Gasteiger partial charge in [-0.05, 0) is 10.8 Å². The normalized spacial score (nSPS) is 11.9. The second kappa shape index (κ2) is 13.7. The van der Waals surface area contributed by atoms with Crippen molar-refractivity contribution in [2.75, 3.05) is 0 Å². The Morgan fingerprint density at radius 2 is 1.10 bits per heavy atom. The molecule has 0 aliphatic carbocycles. The van der Waals surface area contributed by atoms with E-state index in [1.54, 1.807) is 0 Å². The van der Waals surface area contributed by atoms with Crippen molar-refractivity contribution in [3.8, 4) is 11.1 Å². The van der Waals surface area contributed by atoms with E-state index < -0.39 is 30.3 Å². The van der Waals surface area contributed by atoms with E-state index in [-0.39, 0.29) is 10.8 Å². The molecule has 0 atom stereocenters. The Morgan fingerprint density at radius 1 is 0.667 bits per heavy atom. The van der Waals surface area contributed by atoms with E-state index in [1.807, 2.05) is 38.1 Å². The number of hydrogen-bond donors (Lipinski definition) is 0. The van der Waals surface area contributed by atoms with Crippen LogP contribution in [0.5, 0.6) is 0 Å². The van der Waals surface area contributed by atoms with Gasteiger partial charge in [0.15, 0.2) is 0 Å². The van der Waals surface area contributed by atoms with E-state index in [0.717, 1.165) is 23.3 Å². The van der Waals surface area contributed by atoms with Crippen LogP contribution < -0.4 is 0 Å². The van der Waals surface area contributed by atoms with Gasteiger partial charge in [-0.15, -0.1) is 51.4 Å². The second-order valence-electron chi connectivity index (χ2n) is 12.8. The van der Waals surface area contributed by atoms with Crippen molar-refractivity contribution in [1.29, 1.82) is 0 Å². The van der Waals surface area contributed by atoms with Gasteiger partial charge in [-0.1, -0.05) is 101 Å². The summed E-state index contributed by atoms with van der Waals surface area (Å²) in [6, 6.07) is 28.8. The summed E-state index contributed by atoms with van der Waals surface area (Å²) in [5.41, 5.74) is 4.33. The van der Waals surface area contributed by atoms with Crippen molar-refractivity contribution in [2.45, 2.75) is 72.4 Å². The number of hydrogen-bond acceptors (Lipinski definition) is 0. The molecule has 5 rings (SSSR count). The third kappa shape index (κ3) is 9.24. The summed E-state index contributed by atoms with van der Waals surface area (Å²) in [7, 11) is 11.1. The predicted octanol–water partition coefficient (Wildman–Crippen LogP) is 12.5. The van der Waals surface area contributed by atoms with Gasteiger partial charge in [0.2, 0.25) is 0 Å². The summed E-state index contributed by atoms with van der Waals surface area (Å²) >= 11 is -1.97. The molecule has 42 heavy (non-hydrogen) atoms. The van der Waals surface area contributed by atoms with Gasteiger partial charge in [-0.2, -0.15) is 36.9 Å². The molecule has 6 heteroatoms. The maximum absolute atomic E-state index is 12.3. The minimum atomic E-state index is -4.26. The molecular weight excluding hydrogens is 739 g/mol. The predicted molar refractivity (Wildman–Crippen MR) is 175 cm³/mol. The summed E-state index contributed by atoms with van der Waals surface area (Å²) in [6.45, 7) is 17.6. The van der Waals surface area contributed by atoms with E-state index >= 15 is 0 Å². The molecule has 0 nitrogen and oxygen atoms in total. The number of alkyl halides is 3. The Balaban J connectivity index is 0.000000201. The molecule has 5 aromatic rings. The Bertz CT molecular complexity index is 1550. The smallest absolute Gasteiger partial charge is 0.176 e. The molecule has 0 saturated heterocycles. The Hall–Kier alpha value is -2.01. The molecular formula is C36H39Cl2F3Hf-2. The summed E-state index contributed by atoms with van der Waals surface area (Å²) in [6.07, 6.45) is -4.26. The maximum atomic E-state index is 12.3. The van der Waals surface area contributed by atoms with Crippen molar-refractivity contribution < 1.29 is 31.8 Å². The fraction of sp³-hybridized carbons (Fsp3) is 0.306. The van der Waals surface area contributed by atoms with Crippen LogP contribution in [0.2, 0.25) is 0 Å². The molecule has 224 valence electrons. The summed E-state index contributed by atoms with van der Waals surface area (Å²) in [5, 5.41) is 5.48. The molecule has 0 aromatic heterocycles. The van der Waals surface area contributed by atoms with Crippen LogP contribution >= 0.6 is 17.2 Å². The zero-order valence-corrected chi connectivity index (χ0v) is 30.7. The van der Waals surface area contributed by atoms with Gasteiger partial charge >= 0.3 is 59.0 Å². The van der Waals surface area contributed by atoms with Gasteiger partial charge in [-0.25, -0.2) is 0 Å². The third-order valence-corrected chi connectivity index (χ3v) is 15.9. The minimum absolute atomic E-state index is 0.203. The molecule has 0 heterocycles. The van der Waals surface area contributed by atoms with E-state index in [4.69, 9.17) is 17.2 Å². The number of fused-ring (bicyclic) bond motifs is 3. The Kier molecular flexibility index (Phi) is 11.3. The molecule has 0 aliphatic rings. The first-order valence-corrected chi connectivity index (χ1v) is 24.6. The first kappa shape index (κ1) is 34.5. The molecule has 0 aliphatic heterocycles. The van der Waals surface area contributed by atoms with Crippen LogP contribution in [0.3, 0.4) is 0 Å². The monoisotopic (exact) mass is 778 g/mol. The summed E-state index contributed by atoms with van der Waals surface area (Å²) in [5.74, 6) is 0. The average molecular weight is 778 g/mol. The van der Waals surface area contributed by atoms with Crippen molar-refractivity contribution in [3.63, 3.8) is 0 Å². The van der Waals surface area contributed by atoms with Gasteiger partial charge in [-0.3, -0.25) is 0 Å². The van der Waals surface area contributed by atoms with Crippen molar-refractivity contribution in [2.24, 2.45) is 0 Å². The molecule has 0 fully saturated rings. The molecule has 0 amide bonds. The van der Waals surface area contributed by atoms with Gasteiger partial charge in [0.05, 0.1) is 5.56 Å². The van der Waals surface area contributed by atoms with Crippen LogP contribution in [-0.4, -0.2) is 3.26 Å². The third-order valence-electron chi connectivity index (χ3n) is 7.02. The number of rotatable bonds is 1. The molecule has 0 N–H and O–H groups in total. The van der Waals surface area contributed by atoms with Crippen LogP contribution in [0.4, 0.5) is 13.2 Å². The number of halogens is 5. The minimum Gasteiger partial charge on any atom is -0.176 e. The van der Waals surface area contributed by atoms with Crippen LogP contribution in [0.25, 0.3) is 32.7 Å². The SMILES string of the molecule is CC(C)(C)c1ccc2c(c1)[cH-]c1cc(C(C)(C)C)ccc12.C[C](C)=[Hf]([Cl])[Cl].FC(F)(F)c1ccc(-c2ccc[cH-]2)cc1. The zero-order valence-electron chi connectivity index (χ0n) is 25.6. The quantitative estimate of drug-likeness (QED) is 0.117. The second-order valence-corrected chi connectivity index (χ2v) is 26.0.